The molecule has 0 N–H and O–H groups in total. The van der Waals surface area contributed by atoms with E-state index in [-0.39, 0.29) is 6.54 Å². The molecule has 0 aromatic heterocycles. The number of alkyl halides is 3. The number of hydrogen-bond acceptors (Lipinski definition) is 3. The van der Waals surface area contributed by atoms with Crippen LogP contribution in [-0.4, -0.2) is 43.8 Å². The lowest BCUT2D eigenvalue weighted by atomic mass is 10.2. The number of halogens is 3. The van der Waals surface area contributed by atoms with Crippen molar-refractivity contribution < 1.29 is 27.4 Å². The molecule has 1 aromatic rings. The van der Waals surface area contributed by atoms with Crippen molar-refractivity contribution in [3.8, 4) is 11.5 Å². The average Bonchev–Trinajstić information content (AvgIpc) is 2.56. The summed E-state index contributed by atoms with van der Waals surface area (Å²) in [6.45, 7) is 3.05. The molecule has 1 aromatic carbocycles. The number of amides is 1. The molecule has 25 heavy (non-hydrogen) atoms. The second kappa shape index (κ2) is 9.96. The summed E-state index contributed by atoms with van der Waals surface area (Å²) in [6, 6.07) is 5.09. The second-order valence-electron chi connectivity index (χ2n) is 5.47. The molecule has 0 radical (unpaired) electrons. The number of benzene rings is 1. The fourth-order valence-corrected chi connectivity index (χ4v) is 2.15. The summed E-state index contributed by atoms with van der Waals surface area (Å²) in [5.41, 5.74) is 0.637. The van der Waals surface area contributed by atoms with Crippen molar-refractivity contribution in [2.75, 3.05) is 26.8 Å². The van der Waals surface area contributed by atoms with Gasteiger partial charge in [-0.15, -0.1) is 0 Å². The van der Waals surface area contributed by atoms with E-state index in [4.69, 9.17) is 9.47 Å². The van der Waals surface area contributed by atoms with Gasteiger partial charge < -0.3 is 14.4 Å². The highest BCUT2D eigenvalue weighted by atomic mass is 19.4. The Bertz CT molecular complexity index is 585. The van der Waals surface area contributed by atoms with E-state index in [0.29, 0.717) is 30.1 Å². The van der Waals surface area contributed by atoms with Crippen LogP contribution in [0.1, 0.15) is 32.3 Å². The van der Waals surface area contributed by atoms with Gasteiger partial charge in [0.2, 0.25) is 5.91 Å². The average molecular weight is 359 g/mol. The number of carbonyl (C=O) groups excluding carboxylic acids is 1. The highest BCUT2D eigenvalue weighted by molar-refractivity contribution is 5.91. The summed E-state index contributed by atoms with van der Waals surface area (Å²) in [5.74, 6) is 0.408. The van der Waals surface area contributed by atoms with Gasteiger partial charge in [-0.1, -0.05) is 19.9 Å². The first kappa shape index (κ1) is 20.9. The Morgan fingerprint density at radius 3 is 2.48 bits per heavy atom. The van der Waals surface area contributed by atoms with E-state index in [2.05, 4.69) is 0 Å². The monoisotopic (exact) mass is 359 g/mol. The molecule has 0 spiro atoms. The summed E-state index contributed by atoms with van der Waals surface area (Å²) in [4.78, 5) is 12.8. The lowest BCUT2D eigenvalue weighted by Gasteiger charge is -2.21. The van der Waals surface area contributed by atoms with Crippen LogP contribution in [0, 0.1) is 0 Å². The molecule has 0 unspecified atom stereocenters. The van der Waals surface area contributed by atoms with Crippen molar-refractivity contribution >= 4 is 12.0 Å². The molecule has 0 aliphatic rings. The Balaban J connectivity index is 2.86. The van der Waals surface area contributed by atoms with Gasteiger partial charge >= 0.3 is 6.18 Å². The second-order valence-corrected chi connectivity index (χ2v) is 5.47. The van der Waals surface area contributed by atoms with Crippen molar-refractivity contribution in [1.29, 1.82) is 0 Å². The van der Waals surface area contributed by atoms with E-state index in [1.807, 2.05) is 6.92 Å². The maximum Gasteiger partial charge on any atom is 0.406 e. The molecule has 0 aliphatic heterocycles. The highest BCUT2D eigenvalue weighted by Gasteiger charge is 2.31. The van der Waals surface area contributed by atoms with Gasteiger partial charge in [0.1, 0.15) is 6.54 Å². The predicted octanol–water partition coefficient (Wildman–Crippen LogP) is 4.30. The Morgan fingerprint density at radius 2 is 1.92 bits per heavy atom. The van der Waals surface area contributed by atoms with Crippen LogP contribution in [0.15, 0.2) is 24.3 Å². The highest BCUT2D eigenvalue weighted by Crippen LogP contribution is 2.28. The van der Waals surface area contributed by atoms with Gasteiger partial charge in [-0.25, -0.2) is 0 Å². The van der Waals surface area contributed by atoms with E-state index < -0.39 is 18.6 Å². The van der Waals surface area contributed by atoms with Crippen molar-refractivity contribution in [1.82, 2.24) is 4.90 Å². The molecular weight excluding hydrogens is 335 g/mol. The predicted molar refractivity (Wildman–Crippen MR) is 90.7 cm³/mol. The lowest BCUT2D eigenvalue weighted by molar-refractivity contribution is -0.158. The first-order valence-electron chi connectivity index (χ1n) is 8.15. The summed E-state index contributed by atoms with van der Waals surface area (Å²) >= 11 is 0. The molecule has 0 bridgehead atoms. The zero-order valence-electron chi connectivity index (χ0n) is 14.7. The normalized spacial score (nSPS) is 11.6. The van der Waals surface area contributed by atoms with Crippen molar-refractivity contribution in [3.63, 3.8) is 0 Å². The van der Waals surface area contributed by atoms with Crippen LogP contribution in [0.3, 0.4) is 0 Å². The Morgan fingerprint density at radius 1 is 1.20 bits per heavy atom. The molecular formula is C18H24F3NO3. The third kappa shape index (κ3) is 7.49. The van der Waals surface area contributed by atoms with E-state index in [9.17, 15) is 18.0 Å². The zero-order valence-corrected chi connectivity index (χ0v) is 14.7. The smallest absolute Gasteiger partial charge is 0.406 e. The number of nitrogens with zero attached hydrogens (tertiary/aromatic N) is 1. The zero-order chi connectivity index (χ0) is 18.9. The first-order chi connectivity index (χ1) is 11.8. The minimum Gasteiger partial charge on any atom is -0.493 e. The van der Waals surface area contributed by atoms with Crippen LogP contribution >= 0.6 is 0 Å². The molecule has 0 fully saturated rings. The van der Waals surface area contributed by atoms with E-state index >= 15 is 0 Å². The molecule has 1 rings (SSSR count). The first-order valence-corrected chi connectivity index (χ1v) is 8.15. The minimum atomic E-state index is -4.42. The molecule has 140 valence electrons. The minimum absolute atomic E-state index is 0.0514. The molecule has 0 atom stereocenters. The van der Waals surface area contributed by atoms with Gasteiger partial charge in [-0.2, -0.15) is 13.2 Å². The van der Waals surface area contributed by atoms with Gasteiger partial charge in [0.25, 0.3) is 0 Å². The van der Waals surface area contributed by atoms with Crippen molar-refractivity contribution in [2.45, 2.75) is 32.9 Å². The molecule has 7 heteroatoms. The van der Waals surface area contributed by atoms with Crippen LogP contribution in [0.25, 0.3) is 6.08 Å². The summed E-state index contributed by atoms with van der Waals surface area (Å²) < 4.78 is 48.4. The number of methoxy groups -OCH3 is 1. The third-order valence-corrected chi connectivity index (χ3v) is 3.24. The van der Waals surface area contributed by atoms with E-state index in [1.54, 1.807) is 25.1 Å². The molecule has 0 heterocycles. The Kier molecular flexibility index (Phi) is 8.31. The SMILES string of the molecule is CCCOc1ccc(/C=C/C(=O)N(CCC)CC(F)(F)F)cc1OC. The van der Waals surface area contributed by atoms with Gasteiger partial charge in [-0.3, -0.25) is 4.79 Å². The van der Waals surface area contributed by atoms with Crippen LogP contribution < -0.4 is 9.47 Å². The lowest BCUT2D eigenvalue weighted by Crippen LogP contribution is -2.38. The van der Waals surface area contributed by atoms with E-state index in [0.717, 1.165) is 17.4 Å². The van der Waals surface area contributed by atoms with Crippen LogP contribution in [0.2, 0.25) is 0 Å². The number of hydrogen-bond donors (Lipinski definition) is 0. The fourth-order valence-electron chi connectivity index (χ4n) is 2.15. The summed E-state index contributed by atoms with van der Waals surface area (Å²) in [5, 5.41) is 0. The quantitative estimate of drug-likeness (QED) is 0.617. The maximum atomic E-state index is 12.5. The largest absolute Gasteiger partial charge is 0.493 e. The number of carbonyl (C=O) groups is 1. The third-order valence-electron chi connectivity index (χ3n) is 3.24. The van der Waals surface area contributed by atoms with Crippen LogP contribution in [0.4, 0.5) is 13.2 Å². The Hall–Kier alpha value is -2.18. The Labute approximate surface area is 146 Å². The van der Waals surface area contributed by atoms with Crippen molar-refractivity contribution in [3.05, 3.63) is 29.8 Å². The van der Waals surface area contributed by atoms with Crippen LogP contribution in [-0.2, 0) is 4.79 Å². The van der Waals surface area contributed by atoms with E-state index in [1.165, 1.54) is 13.2 Å². The maximum absolute atomic E-state index is 12.5. The molecule has 4 nitrogen and oxygen atoms in total. The van der Waals surface area contributed by atoms with Gasteiger partial charge in [0.15, 0.2) is 11.5 Å². The van der Waals surface area contributed by atoms with Crippen molar-refractivity contribution in [2.24, 2.45) is 0 Å². The molecule has 0 saturated heterocycles. The van der Waals surface area contributed by atoms with Gasteiger partial charge in [-0.05, 0) is 36.6 Å². The standard InChI is InChI=1S/C18H24F3NO3/c1-4-10-22(13-18(19,20)21)17(23)9-7-14-6-8-15(25-11-5-2)16(12-14)24-3/h6-9,12H,4-5,10-11,13H2,1-3H3/b9-7+. The van der Waals surface area contributed by atoms with Gasteiger partial charge in [0, 0.05) is 12.6 Å². The van der Waals surface area contributed by atoms with Gasteiger partial charge in [0.05, 0.1) is 13.7 Å². The fraction of sp³-hybridized carbons (Fsp3) is 0.500. The number of ether oxygens (including phenoxy) is 2. The topological polar surface area (TPSA) is 38.8 Å². The number of rotatable bonds is 9. The summed E-state index contributed by atoms with van der Waals surface area (Å²) in [7, 11) is 1.50. The van der Waals surface area contributed by atoms with Crippen LogP contribution in [0.5, 0.6) is 11.5 Å². The molecule has 0 aliphatic carbocycles. The summed E-state index contributed by atoms with van der Waals surface area (Å²) in [6.07, 6.45) is -0.505. The molecule has 1 amide bonds. The molecule has 0 saturated carbocycles.